The van der Waals surface area contributed by atoms with Gasteiger partial charge in [-0.15, -0.1) is 0 Å². The summed E-state index contributed by atoms with van der Waals surface area (Å²) in [5, 5.41) is 1.64. The standard InChI is InChI=1S/C14H20O6S2/c1-5-21(15,16)10-19-12-7-13(9-14(3,4)8-12)20-11-22(17,18)6-2/h5-8H,1-2,9-11H2,3-4H3. The zero-order valence-electron chi connectivity index (χ0n) is 12.6. The fourth-order valence-corrected chi connectivity index (χ4v) is 2.53. The van der Waals surface area contributed by atoms with Crippen LogP contribution in [0, 0.1) is 5.41 Å². The van der Waals surface area contributed by atoms with E-state index in [1.54, 1.807) is 6.08 Å². The molecule has 0 aromatic rings. The van der Waals surface area contributed by atoms with Crippen molar-refractivity contribution >= 4 is 19.7 Å². The number of sulfone groups is 2. The van der Waals surface area contributed by atoms with Gasteiger partial charge in [-0.05, 0) is 11.5 Å². The van der Waals surface area contributed by atoms with E-state index in [9.17, 15) is 16.8 Å². The quantitative estimate of drug-likeness (QED) is 0.669. The Morgan fingerprint density at radius 2 is 1.59 bits per heavy atom. The third-order valence-electron chi connectivity index (χ3n) is 2.77. The lowest BCUT2D eigenvalue weighted by Gasteiger charge is -2.27. The molecule has 1 aliphatic rings. The maximum Gasteiger partial charge on any atom is 0.205 e. The lowest BCUT2D eigenvalue weighted by atomic mass is 9.84. The summed E-state index contributed by atoms with van der Waals surface area (Å²) in [6.07, 6.45) is 3.73. The van der Waals surface area contributed by atoms with Crippen molar-refractivity contribution in [1.82, 2.24) is 0 Å². The Morgan fingerprint density at radius 1 is 1.09 bits per heavy atom. The minimum Gasteiger partial charge on any atom is -0.482 e. The molecule has 1 aliphatic carbocycles. The van der Waals surface area contributed by atoms with Gasteiger partial charge in [-0.2, -0.15) is 0 Å². The molecule has 0 saturated heterocycles. The highest BCUT2D eigenvalue weighted by Gasteiger charge is 2.25. The van der Waals surface area contributed by atoms with Crippen molar-refractivity contribution in [2.24, 2.45) is 5.41 Å². The summed E-state index contributed by atoms with van der Waals surface area (Å²) < 4.78 is 56.0. The summed E-state index contributed by atoms with van der Waals surface area (Å²) in [5.74, 6) is -0.333. The van der Waals surface area contributed by atoms with Crippen molar-refractivity contribution in [2.75, 3.05) is 11.9 Å². The summed E-state index contributed by atoms with van der Waals surface area (Å²) in [6.45, 7) is 10.2. The van der Waals surface area contributed by atoms with Crippen LogP contribution in [0.15, 0.2) is 47.6 Å². The number of hydrogen-bond donors (Lipinski definition) is 0. The third-order valence-corrected chi connectivity index (χ3v) is 4.68. The van der Waals surface area contributed by atoms with E-state index in [0.717, 1.165) is 10.8 Å². The molecule has 0 amide bonds. The first-order valence-corrected chi connectivity index (χ1v) is 9.81. The van der Waals surface area contributed by atoms with Crippen LogP contribution in [0.4, 0.5) is 0 Å². The lowest BCUT2D eigenvalue weighted by molar-refractivity contribution is 0.205. The Labute approximate surface area is 131 Å². The van der Waals surface area contributed by atoms with Crippen molar-refractivity contribution in [2.45, 2.75) is 20.3 Å². The molecule has 124 valence electrons. The van der Waals surface area contributed by atoms with E-state index in [0.29, 0.717) is 17.9 Å². The second-order valence-corrected chi connectivity index (χ2v) is 9.30. The van der Waals surface area contributed by atoms with Crippen molar-refractivity contribution in [3.05, 3.63) is 47.6 Å². The van der Waals surface area contributed by atoms with Crippen LogP contribution in [0.25, 0.3) is 0 Å². The minimum absolute atomic E-state index is 0.313. The zero-order valence-corrected chi connectivity index (χ0v) is 14.2. The molecule has 0 aromatic heterocycles. The molecule has 0 unspecified atom stereocenters. The smallest absolute Gasteiger partial charge is 0.205 e. The van der Waals surface area contributed by atoms with Gasteiger partial charge in [0.15, 0.2) is 11.9 Å². The fraction of sp³-hybridized carbons (Fsp3) is 0.429. The van der Waals surface area contributed by atoms with E-state index < -0.39 is 31.6 Å². The van der Waals surface area contributed by atoms with Gasteiger partial charge >= 0.3 is 0 Å². The van der Waals surface area contributed by atoms with E-state index in [-0.39, 0.29) is 5.41 Å². The Kier molecular flexibility index (Phi) is 5.64. The SMILES string of the molecule is C=CS(=O)(=O)COC1=CC(C)(C)CC(OCS(=O)(=O)C=C)=C1. The minimum atomic E-state index is -3.49. The highest BCUT2D eigenvalue weighted by molar-refractivity contribution is 7.94. The van der Waals surface area contributed by atoms with Crippen LogP contribution in [-0.2, 0) is 29.1 Å². The average Bonchev–Trinajstić information content (AvgIpc) is 2.42. The van der Waals surface area contributed by atoms with Gasteiger partial charge < -0.3 is 9.47 Å². The normalized spacial score (nSPS) is 17.9. The molecule has 8 heteroatoms. The van der Waals surface area contributed by atoms with Crippen LogP contribution in [0.2, 0.25) is 0 Å². The molecule has 0 N–H and O–H groups in total. The van der Waals surface area contributed by atoms with Crippen molar-refractivity contribution in [3.8, 4) is 0 Å². The van der Waals surface area contributed by atoms with Gasteiger partial charge in [-0.25, -0.2) is 16.8 Å². The molecule has 0 aromatic carbocycles. The maximum absolute atomic E-state index is 11.4. The highest BCUT2D eigenvalue weighted by atomic mass is 32.2. The third kappa shape index (κ3) is 6.07. The lowest BCUT2D eigenvalue weighted by Crippen LogP contribution is -2.18. The first-order chi connectivity index (χ1) is 9.99. The molecular weight excluding hydrogens is 328 g/mol. The predicted octanol–water partition coefficient (Wildman–Crippen LogP) is 2.25. The van der Waals surface area contributed by atoms with Gasteiger partial charge in [-0.1, -0.05) is 27.0 Å². The molecule has 22 heavy (non-hydrogen) atoms. The van der Waals surface area contributed by atoms with Crippen molar-refractivity contribution in [3.63, 3.8) is 0 Å². The van der Waals surface area contributed by atoms with E-state index >= 15 is 0 Å². The van der Waals surface area contributed by atoms with Gasteiger partial charge in [0.05, 0.1) is 0 Å². The summed E-state index contributed by atoms with van der Waals surface area (Å²) in [5.41, 5.74) is -0.352. The van der Waals surface area contributed by atoms with Crippen LogP contribution in [0.5, 0.6) is 0 Å². The first-order valence-electron chi connectivity index (χ1n) is 6.38. The molecule has 6 nitrogen and oxygen atoms in total. The van der Waals surface area contributed by atoms with E-state index in [4.69, 9.17) is 9.47 Å². The molecule has 0 radical (unpaired) electrons. The van der Waals surface area contributed by atoms with Crippen LogP contribution < -0.4 is 0 Å². The summed E-state index contributed by atoms with van der Waals surface area (Å²) >= 11 is 0. The van der Waals surface area contributed by atoms with E-state index in [1.165, 1.54) is 6.08 Å². The van der Waals surface area contributed by atoms with Crippen LogP contribution in [0.1, 0.15) is 20.3 Å². The Hall–Kier alpha value is -1.54. The van der Waals surface area contributed by atoms with E-state index in [2.05, 4.69) is 13.2 Å². The van der Waals surface area contributed by atoms with Gasteiger partial charge in [0, 0.05) is 23.3 Å². The zero-order chi connectivity index (χ0) is 17.0. The number of allylic oxidation sites excluding steroid dienone is 3. The van der Waals surface area contributed by atoms with Gasteiger partial charge in [0.25, 0.3) is 0 Å². The monoisotopic (exact) mass is 348 g/mol. The Bertz CT molecular complexity index is 708. The summed E-state index contributed by atoms with van der Waals surface area (Å²) in [4.78, 5) is 0. The number of rotatable bonds is 8. The average molecular weight is 348 g/mol. The predicted molar refractivity (Wildman–Crippen MR) is 84.7 cm³/mol. The molecule has 1 rings (SSSR count). The molecule has 0 saturated carbocycles. The Balaban J connectivity index is 2.85. The molecule has 0 fully saturated rings. The molecule has 0 aliphatic heterocycles. The largest absolute Gasteiger partial charge is 0.482 e. The summed E-state index contributed by atoms with van der Waals surface area (Å²) in [7, 11) is -6.97. The Morgan fingerprint density at radius 3 is 2.09 bits per heavy atom. The molecule has 0 bridgehead atoms. The highest BCUT2D eigenvalue weighted by Crippen LogP contribution is 2.34. The van der Waals surface area contributed by atoms with E-state index in [1.807, 2.05) is 13.8 Å². The number of hydrogen-bond acceptors (Lipinski definition) is 6. The first kappa shape index (κ1) is 18.5. The topological polar surface area (TPSA) is 86.7 Å². The van der Waals surface area contributed by atoms with Gasteiger partial charge in [-0.3, -0.25) is 0 Å². The number of ether oxygens (including phenoxy) is 2. The van der Waals surface area contributed by atoms with Gasteiger partial charge in [0.2, 0.25) is 19.7 Å². The molecule has 0 atom stereocenters. The summed E-state index contributed by atoms with van der Waals surface area (Å²) in [6, 6.07) is 0. The van der Waals surface area contributed by atoms with Crippen molar-refractivity contribution in [1.29, 1.82) is 0 Å². The second kappa shape index (κ2) is 6.70. The fourth-order valence-electron chi connectivity index (χ4n) is 1.72. The molecule has 0 spiro atoms. The van der Waals surface area contributed by atoms with Crippen LogP contribution >= 0.6 is 0 Å². The van der Waals surface area contributed by atoms with Crippen molar-refractivity contribution < 1.29 is 26.3 Å². The molecular formula is C14H20O6S2. The van der Waals surface area contributed by atoms with Gasteiger partial charge in [0.1, 0.15) is 11.5 Å². The maximum atomic E-state index is 11.4. The van der Waals surface area contributed by atoms with Crippen LogP contribution in [-0.4, -0.2) is 28.7 Å². The second-order valence-electron chi connectivity index (χ2n) is 5.51. The molecule has 0 heterocycles. The van der Waals surface area contributed by atoms with Crippen LogP contribution in [0.3, 0.4) is 0 Å².